The fourth-order valence-corrected chi connectivity index (χ4v) is 5.10. The van der Waals surface area contributed by atoms with Gasteiger partial charge in [0.2, 0.25) is 0 Å². The van der Waals surface area contributed by atoms with Crippen LogP contribution in [0.25, 0.3) is 0 Å². The molecular formula is C25H37O6P. The first-order valence-corrected chi connectivity index (χ1v) is 12.5. The first-order chi connectivity index (χ1) is 14.9. The normalized spacial score (nSPS) is 17.3. The highest BCUT2D eigenvalue weighted by Gasteiger charge is 2.38. The summed E-state index contributed by atoms with van der Waals surface area (Å²) in [4.78, 5) is 0. The Kier molecular flexibility index (Phi) is 8.81. The molecule has 178 valence electrons. The van der Waals surface area contributed by atoms with E-state index >= 15 is 0 Å². The molecule has 0 aliphatic rings. The summed E-state index contributed by atoms with van der Waals surface area (Å²) in [5, 5.41) is 20.7. The van der Waals surface area contributed by atoms with E-state index in [1.807, 2.05) is 33.8 Å². The quantitative estimate of drug-likeness (QED) is 0.387. The SMILES string of the molecule is Cc1cc(OP(=O)(Oc2ccccc2)OC(C)C(C)C(C)C(O)C(C)C)c(C)c(C)c1O. The molecular weight excluding hydrogens is 427 g/mol. The molecule has 0 aliphatic heterocycles. The smallest absolute Gasteiger partial charge is 0.507 e. The third kappa shape index (κ3) is 6.28. The highest BCUT2D eigenvalue weighted by molar-refractivity contribution is 7.49. The summed E-state index contributed by atoms with van der Waals surface area (Å²) in [5.41, 5.74) is 1.89. The molecule has 32 heavy (non-hydrogen) atoms. The molecule has 0 aromatic heterocycles. The summed E-state index contributed by atoms with van der Waals surface area (Å²) in [7, 11) is -4.11. The first-order valence-electron chi connectivity index (χ1n) is 11.1. The number of phosphoric acid groups is 1. The predicted molar refractivity (Wildman–Crippen MR) is 127 cm³/mol. The molecule has 2 aromatic carbocycles. The van der Waals surface area contributed by atoms with E-state index in [0.29, 0.717) is 28.2 Å². The van der Waals surface area contributed by atoms with Crippen molar-refractivity contribution in [2.24, 2.45) is 17.8 Å². The van der Waals surface area contributed by atoms with Gasteiger partial charge in [0.1, 0.15) is 17.2 Å². The highest BCUT2D eigenvalue weighted by atomic mass is 31.2. The van der Waals surface area contributed by atoms with Crippen molar-refractivity contribution in [3.05, 3.63) is 53.1 Å². The van der Waals surface area contributed by atoms with Crippen LogP contribution in [-0.4, -0.2) is 22.4 Å². The molecule has 0 saturated heterocycles. The van der Waals surface area contributed by atoms with Crippen LogP contribution >= 0.6 is 7.82 Å². The lowest BCUT2D eigenvalue weighted by Gasteiger charge is -2.32. The van der Waals surface area contributed by atoms with Crippen LogP contribution in [-0.2, 0) is 9.09 Å². The predicted octanol–water partition coefficient (Wildman–Crippen LogP) is 6.58. The second-order valence-corrected chi connectivity index (χ2v) is 10.5. The third-order valence-corrected chi connectivity index (χ3v) is 7.71. The number of hydrogen-bond acceptors (Lipinski definition) is 6. The van der Waals surface area contributed by atoms with Crippen molar-refractivity contribution >= 4 is 7.82 Å². The number of phenols is 1. The van der Waals surface area contributed by atoms with Gasteiger partial charge in [-0.2, -0.15) is 0 Å². The van der Waals surface area contributed by atoms with Crippen LogP contribution in [0.4, 0.5) is 0 Å². The monoisotopic (exact) mass is 464 g/mol. The molecule has 0 saturated carbocycles. The van der Waals surface area contributed by atoms with Gasteiger partial charge in [-0.3, -0.25) is 4.52 Å². The summed E-state index contributed by atoms with van der Waals surface area (Å²) < 4.78 is 31.5. The van der Waals surface area contributed by atoms with Gasteiger partial charge in [0.15, 0.2) is 0 Å². The number of aliphatic hydroxyl groups excluding tert-OH is 1. The van der Waals surface area contributed by atoms with Gasteiger partial charge in [0.25, 0.3) is 0 Å². The minimum atomic E-state index is -4.11. The number of aliphatic hydroxyl groups is 1. The molecule has 5 atom stereocenters. The van der Waals surface area contributed by atoms with Gasteiger partial charge >= 0.3 is 7.82 Å². The van der Waals surface area contributed by atoms with Gasteiger partial charge in [-0.25, -0.2) is 4.57 Å². The molecule has 7 heteroatoms. The minimum absolute atomic E-state index is 0.0879. The van der Waals surface area contributed by atoms with E-state index in [1.165, 1.54) is 0 Å². The Morgan fingerprint density at radius 2 is 1.47 bits per heavy atom. The largest absolute Gasteiger partial charge is 0.587 e. The van der Waals surface area contributed by atoms with Crippen molar-refractivity contribution in [3.63, 3.8) is 0 Å². The van der Waals surface area contributed by atoms with Crippen LogP contribution in [0.15, 0.2) is 36.4 Å². The molecule has 2 N–H and O–H groups in total. The lowest BCUT2D eigenvalue weighted by Crippen LogP contribution is -2.34. The summed E-state index contributed by atoms with van der Waals surface area (Å²) >= 11 is 0. The van der Waals surface area contributed by atoms with E-state index in [-0.39, 0.29) is 23.5 Å². The molecule has 5 unspecified atom stereocenters. The number of phenolic OH excluding ortho intramolecular Hbond substituents is 1. The summed E-state index contributed by atoms with van der Waals surface area (Å²) in [6.45, 7) is 14.9. The van der Waals surface area contributed by atoms with Gasteiger partial charge in [0, 0.05) is 0 Å². The van der Waals surface area contributed by atoms with Gasteiger partial charge in [0.05, 0.1) is 12.2 Å². The Bertz CT molecular complexity index is 943. The number of hydrogen-bond donors (Lipinski definition) is 2. The zero-order valence-corrected chi connectivity index (χ0v) is 21.2. The fourth-order valence-electron chi connectivity index (χ4n) is 3.56. The zero-order valence-electron chi connectivity index (χ0n) is 20.3. The van der Waals surface area contributed by atoms with Crippen LogP contribution in [0, 0.1) is 38.5 Å². The minimum Gasteiger partial charge on any atom is -0.507 e. The van der Waals surface area contributed by atoms with E-state index < -0.39 is 20.0 Å². The molecule has 0 amide bonds. The molecule has 2 rings (SSSR count). The number of rotatable bonds is 10. The van der Waals surface area contributed by atoms with Crippen molar-refractivity contribution in [2.75, 3.05) is 0 Å². The number of aryl methyl sites for hydroxylation is 1. The van der Waals surface area contributed by atoms with Crippen LogP contribution in [0.1, 0.15) is 51.3 Å². The lowest BCUT2D eigenvalue weighted by molar-refractivity contribution is 0.00838. The fraction of sp³-hybridized carbons (Fsp3) is 0.520. The van der Waals surface area contributed by atoms with E-state index in [1.54, 1.807) is 58.0 Å². The molecule has 2 aromatic rings. The van der Waals surface area contributed by atoms with E-state index in [9.17, 15) is 14.8 Å². The number of aromatic hydroxyl groups is 1. The Balaban J connectivity index is 2.37. The average molecular weight is 465 g/mol. The standard InChI is InChI=1S/C25H37O6P/c1-15(2)24(26)19(6)17(4)21(8)29-32(28,30-22-12-10-9-11-13-22)31-23-14-16(3)25(27)20(7)18(23)5/h9-15,17,19,21,24,26-27H,1-8H3. The maximum absolute atomic E-state index is 13.9. The summed E-state index contributed by atoms with van der Waals surface area (Å²) in [6, 6.07) is 10.4. The van der Waals surface area contributed by atoms with Gasteiger partial charge in [-0.15, -0.1) is 0 Å². The van der Waals surface area contributed by atoms with Crippen molar-refractivity contribution < 1.29 is 28.3 Å². The van der Waals surface area contributed by atoms with Crippen molar-refractivity contribution in [2.45, 2.75) is 67.6 Å². The number of benzene rings is 2. The second-order valence-electron chi connectivity index (χ2n) is 9.00. The maximum atomic E-state index is 13.9. The average Bonchev–Trinajstić information content (AvgIpc) is 2.74. The van der Waals surface area contributed by atoms with Gasteiger partial charge in [-0.05, 0) is 80.3 Å². The summed E-state index contributed by atoms with van der Waals surface area (Å²) in [6.07, 6.45) is -1.04. The van der Waals surface area contributed by atoms with Crippen LogP contribution in [0.2, 0.25) is 0 Å². The van der Waals surface area contributed by atoms with Crippen LogP contribution < -0.4 is 9.05 Å². The van der Waals surface area contributed by atoms with Crippen molar-refractivity contribution in [1.29, 1.82) is 0 Å². The van der Waals surface area contributed by atoms with E-state index in [0.717, 1.165) is 0 Å². The van der Waals surface area contributed by atoms with Crippen LogP contribution in [0.5, 0.6) is 17.2 Å². The number of phosphoric ester groups is 1. The van der Waals surface area contributed by atoms with Gasteiger partial charge < -0.3 is 19.3 Å². The molecule has 0 spiro atoms. The molecule has 0 aliphatic carbocycles. The molecule has 0 fully saturated rings. The second kappa shape index (κ2) is 10.7. The summed E-state index contributed by atoms with van der Waals surface area (Å²) in [5.74, 6) is 0.744. The van der Waals surface area contributed by atoms with Crippen molar-refractivity contribution in [3.8, 4) is 17.2 Å². The molecule has 0 radical (unpaired) electrons. The maximum Gasteiger partial charge on any atom is 0.587 e. The molecule has 0 heterocycles. The third-order valence-electron chi connectivity index (χ3n) is 6.27. The van der Waals surface area contributed by atoms with E-state index in [4.69, 9.17) is 13.6 Å². The topological polar surface area (TPSA) is 85.2 Å². The van der Waals surface area contributed by atoms with Gasteiger partial charge in [-0.1, -0.05) is 45.9 Å². The Morgan fingerprint density at radius 3 is 2.03 bits per heavy atom. The Morgan fingerprint density at radius 1 is 0.875 bits per heavy atom. The molecule has 0 bridgehead atoms. The van der Waals surface area contributed by atoms with Crippen molar-refractivity contribution in [1.82, 2.24) is 0 Å². The van der Waals surface area contributed by atoms with E-state index in [2.05, 4.69) is 0 Å². The Hall–Kier alpha value is -2.01. The van der Waals surface area contributed by atoms with Crippen LogP contribution in [0.3, 0.4) is 0 Å². The first kappa shape index (κ1) is 26.2. The number of para-hydroxylation sites is 1. The Labute approximate surface area is 192 Å². The molecule has 6 nitrogen and oxygen atoms in total. The zero-order chi connectivity index (χ0) is 24.2. The lowest BCUT2D eigenvalue weighted by atomic mass is 9.83. The highest BCUT2D eigenvalue weighted by Crippen LogP contribution is 2.53.